The molecule has 0 aromatic carbocycles. The van der Waals surface area contributed by atoms with E-state index < -0.39 is 11.7 Å². The molecule has 11 heteroatoms. The highest BCUT2D eigenvalue weighted by Crippen LogP contribution is 2.35. The molecule has 30 heavy (non-hydrogen) atoms. The number of thioether (sulfide) groups is 1. The van der Waals surface area contributed by atoms with Gasteiger partial charge in [-0.1, -0.05) is 6.92 Å². The summed E-state index contributed by atoms with van der Waals surface area (Å²) in [5.74, 6) is 0.975. The van der Waals surface area contributed by atoms with Gasteiger partial charge in [-0.3, -0.25) is 9.20 Å². The van der Waals surface area contributed by atoms with E-state index in [0.29, 0.717) is 28.5 Å². The minimum Gasteiger partial charge on any atom is -0.326 e. The summed E-state index contributed by atoms with van der Waals surface area (Å²) in [6, 6.07) is 4.47. The first-order valence-electron chi connectivity index (χ1n) is 9.01. The zero-order valence-electron chi connectivity index (χ0n) is 16.3. The summed E-state index contributed by atoms with van der Waals surface area (Å²) in [5, 5.41) is 3.52. The van der Waals surface area contributed by atoms with Gasteiger partial charge in [0.2, 0.25) is 5.91 Å². The predicted octanol–water partition coefficient (Wildman–Crippen LogP) is 4.37. The molecule has 0 fully saturated rings. The molecule has 1 amide bonds. The quantitative estimate of drug-likeness (QED) is 0.483. The SMILES string of the molecule is CCSc1c(-c2nc3cc(C(F)(F)F)cnc3n2C)nc2cc(NC(C)=O)ccn12. The number of nitrogens with zero attached hydrogens (tertiary/aromatic N) is 5. The van der Waals surface area contributed by atoms with Crippen molar-refractivity contribution in [3.05, 3.63) is 36.2 Å². The molecule has 0 spiro atoms. The molecule has 156 valence electrons. The number of hydrogen-bond acceptors (Lipinski definition) is 5. The zero-order valence-corrected chi connectivity index (χ0v) is 17.1. The van der Waals surface area contributed by atoms with Gasteiger partial charge in [-0.25, -0.2) is 15.0 Å². The van der Waals surface area contributed by atoms with Crippen LogP contribution in [0.25, 0.3) is 28.3 Å². The average molecular weight is 434 g/mol. The monoisotopic (exact) mass is 434 g/mol. The van der Waals surface area contributed by atoms with E-state index in [1.54, 1.807) is 29.9 Å². The first kappa shape index (κ1) is 20.2. The van der Waals surface area contributed by atoms with E-state index in [4.69, 9.17) is 0 Å². The van der Waals surface area contributed by atoms with Crippen molar-refractivity contribution < 1.29 is 18.0 Å². The van der Waals surface area contributed by atoms with Crippen molar-refractivity contribution in [1.29, 1.82) is 0 Å². The number of alkyl halides is 3. The van der Waals surface area contributed by atoms with Gasteiger partial charge >= 0.3 is 6.18 Å². The standard InChI is InChI=1S/C19H17F3N6OS/c1-4-30-18-15(26-14-8-12(24-10(2)29)5-6-28(14)18)17-25-13-7-11(19(20,21)22)9-23-16(13)27(17)3/h5-9H,4H2,1-3H3,(H,24,29). The first-order chi connectivity index (χ1) is 14.2. The lowest BCUT2D eigenvalue weighted by Crippen LogP contribution is -2.05. The number of pyridine rings is 2. The van der Waals surface area contributed by atoms with E-state index in [1.165, 1.54) is 18.7 Å². The molecule has 0 saturated heterocycles. The van der Waals surface area contributed by atoms with Crippen LogP contribution in [0.4, 0.5) is 18.9 Å². The van der Waals surface area contributed by atoms with Crippen LogP contribution in [0.15, 0.2) is 35.6 Å². The fourth-order valence-corrected chi connectivity index (χ4v) is 4.01. The van der Waals surface area contributed by atoms with E-state index in [-0.39, 0.29) is 11.4 Å². The van der Waals surface area contributed by atoms with Crippen molar-refractivity contribution in [2.45, 2.75) is 25.0 Å². The summed E-state index contributed by atoms with van der Waals surface area (Å²) in [4.78, 5) is 24.4. The summed E-state index contributed by atoms with van der Waals surface area (Å²) in [6.07, 6.45) is -1.90. The van der Waals surface area contributed by atoms with Crippen molar-refractivity contribution in [2.75, 3.05) is 11.1 Å². The lowest BCUT2D eigenvalue weighted by molar-refractivity contribution is -0.137. The number of carbonyl (C=O) groups is 1. The van der Waals surface area contributed by atoms with Crippen LogP contribution >= 0.6 is 11.8 Å². The van der Waals surface area contributed by atoms with Crippen LogP contribution in [-0.4, -0.2) is 35.6 Å². The molecule has 4 rings (SSSR count). The fraction of sp³-hybridized carbons (Fsp3) is 0.263. The normalized spacial score (nSPS) is 12.1. The van der Waals surface area contributed by atoms with E-state index in [1.807, 2.05) is 11.3 Å². The van der Waals surface area contributed by atoms with Crippen LogP contribution in [0.1, 0.15) is 19.4 Å². The molecule has 0 aliphatic heterocycles. The van der Waals surface area contributed by atoms with Crippen molar-refractivity contribution in [3.63, 3.8) is 0 Å². The van der Waals surface area contributed by atoms with Gasteiger partial charge in [-0.15, -0.1) is 11.8 Å². The predicted molar refractivity (Wildman–Crippen MR) is 108 cm³/mol. The number of imidazole rings is 2. The van der Waals surface area contributed by atoms with Gasteiger partial charge in [0.25, 0.3) is 0 Å². The maximum atomic E-state index is 13.1. The second kappa shape index (κ2) is 7.31. The third kappa shape index (κ3) is 3.49. The van der Waals surface area contributed by atoms with Gasteiger partial charge in [-0.2, -0.15) is 13.2 Å². The Morgan fingerprint density at radius 1 is 1.27 bits per heavy atom. The molecule has 0 saturated carbocycles. The van der Waals surface area contributed by atoms with E-state index >= 15 is 0 Å². The topological polar surface area (TPSA) is 77.1 Å². The Bertz CT molecular complexity index is 1280. The third-order valence-electron chi connectivity index (χ3n) is 4.43. The Labute approximate surface area is 173 Å². The highest BCUT2D eigenvalue weighted by Gasteiger charge is 2.32. The Morgan fingerprint density at radius 2 is 2.03 bits per heavy atom. The minimum atomic E-state index is -4.49. The second-order valence-electron chi connectivity index (χ2n) is 6.58. The molecule has 0 atom stereocenters. The maximum Gasteiger partial charge on any atom is 0.417 e. The van der Waals surface area contributed by atoms with Crippen LogP contribution < -0.4 is 5.32 Å². The minimum absolute atomic E-state index is 0.144. The molecule has 0 aliphatic carbocycles. The number of anilines is 1. The smallest absolute Gasteiger partial charge is 0.326 e. The Kier molecular flexibility index (Phi) is 4.92. The van der Waals surface area contributed by atoms with Crippen molar-refractivity contribution in [3.8, 4) is 11.5 Å². The summed E-state index contributed by atoms with van der Waals surface area (Å²) in [5.41, 5.74) is 1.35. The fourth-order valence-electron chi connectivity index (χ4n) is 3.17. The van der Waals surface area contributed by atoms with Crippen molar-refractivity contribution in [2.24, 2.45) is 7.05 Å². The van der Waals surface area contributed by atoms with Gasteiger partial charge < -0.3 is 9.88 Å². The Morgan fingerprint density at radius 3 is 2.70 bits per heavy atom. The number of halogens is 3. The summed E-state index contributed by atoms with van der Waals surface area (Å²) in [6.45, 7) is 3.41. The van der Waals surface area contributed by atoms with Crippen LogP contribution in [0, 0.1) is 0 Å². The molecular formula is C19H17F3N6OS. The van der Waals surface area contributed by atoms with Crippen molar-refractivity contribution >= 4 is 40.2 Å². The van der Waals surface area contributed by atoms with Gasteiger partial charge in [0.1, 0.15) is 21.9 Å². The number of fused-ring (bicyclic) bond motifs is 2. The third-order valence-corrected chi connectivity index (χ3v) is 5.38. The molecular weight excluding hydrogens is 417 g/mol. The second-order valence-corrected chi connectivity index (χ2v) is 7.84. The molecule has 0 bridgehead atoms. The van der Waals surface area contributed by atoms with E-state index in [0.717, 1.165) is 23.0 Å². The molecule has 0 unspecified atom stereocenters. The van der Waals surface area contributed by atoms with Gasteiger partial charge in [-0.05, 0) is 17.9 Å². The van der Waals surface area contributed by atoms with Crippen molar-refractivity contribution in [1.82, 2.24) is 23.9 Å². The summed E-state index contributed by atoms with van der Waals surface area (Å²) in [7, 11) is 1.69. The highest BCUT2D eigenvalue weighted by atomic mass is 32.2. The van der Waals surface area contributed by atoms with Crippen LogP contribution in [0.5, 0.6) is 0 Å². The number of aromatic nitrogens is 5. The molecule has 7 nitrogen and oxygen atoms in total. The Hall–Kier alpha value is -3.08. The zero-order chi connectivity index (χ0) is 21.6. The summed E-state index contributed by atoms with van der Waals surface area (Å²) < 4.78 is 42.7. The van der Waals surface area contributed by atoms with Gasteiger partial charge in [0.15, 0.2) is 11.5 Å². The molecule has 4 aromatic rings. The van der Waals surface area contributed by atoms with E-state index in [9.17, 15) is 18.0 Å². The van der Waals surface area contributed by atoms with E-state index in [2.05, 4.69) is 20.3 Å². The number of nitrogens with one attached hydrogen (secondary N) is 1. The highest BCUT2D eigenvalue weighted by molar-refractivity contribution is 7.99. The van der Waals surface area contributed by atoms with Gasteiger partial charge in [0, 0.05) is 38.1 Å². The average Bonchev–Trinajstić information content (AvgIpc) is 3.18. The summed E-state index contributed by atoms with van der Waals surface area (Å²) >= 11 is 1.54. The lowest BCUT2D eigenvalue weighted by atomic mass is 10.2. The van der Waals surface area contributed by atoms with Crippen LogP contribution in [-0.2, 0) is 18.0 Å². The molecule has 0 aliphatic rings. The number of rotatable bonds is 4. The van der Waals surface area contributed by atoms with Crippen LogP contribution in [0.2, 0.25) is 0 Å². The molecule has 0 radical (unpaired) electrons. The largest absolute Gasteiger partial charge is 0.417 e. The Balaban J connectivity index is 1.90. The first-order valence-corrected chi connectivity index (χ1v) is 10.00. The lowest BCUT2D eigenvalue weighted by Gasteiger charge is -2.05. The van der Waals surface area contributed by atoms with Gasteiger partial charge in [0.05, 0.1) is 5.56 Å². The molecule has 4 aromatic heterocycles. The maximum absolute atomic E-state index is 13.1. The molecule has 1 N–H and O–H groups in total. The molecule has 4 heterocycles. The number of aryl methyl sites for hydroxylation is 1. The number of hydrogen-bond donors (Lipinski definition) is 1. The number of amides is 1. The number of carbonyl (C=O) groups excluding carboxylic acids is 1. The van der Waals surface area contributed by atoms with Crippen LogP contribution in [0.3, 0.4) is 0 Å².